The van der Waals surface area contributed by atoms with Crippen molar-refractivity contribution in [1.82, 2.24) is 4.90 Å². The molecule has 0 bridgehead atoms. The summed E-state index contributed by atoms with van der Waals surface area (Å²) >= 11 is 0. The molecule has 0 aromatic rings. The fourth-order valence-electron chi connectivity index (χ4n) is 7.81. The standard InChI is InChI=1S/C29H43N/c1-3-7-22(8-4-1)24-13-11-21(12-14-24)20-30(29-27-19-28(27)29)26-17-15-25(16-18-26)23-9-5-2-6-10-23/h5,9-10,21-22,24-26,29H,1-4,6-8,11-20H2. The monoisotopic (exact) mass is 405 g/mol. The highest BCUT2D eigenvalue weighted by molar-refractivity contribution is 5.64. The van der Waals surface area contributed by atoms with Crippen LogP contribution in [0.4, 0.5) is 0 Å². The van der Waals surface area contributed by atoms with Crippen molar-refractivity contribution < 1.29 is 0 Å². The molecule has 0 saturated heterocycles. The highest BCUT2D eigenvalue weighted by Gasteiger charge is 2.54. The van der Waals surface area contributed by atoms with Crippen molar-refractivity contribution in [3.05, 3.63) is 34.9 Å². The van der Waals surface area contributed by atoms with Gasteiger partial charge in [0.25, 0.3) is 0 Å². The minimum Gasteiger partial charge on any atom is -0.290 e. The van der Waals surface area contributed by atoms with Crippen molar-refractivity contribution in [3.8, 4) is 0 Å². The van der Waals surface area contributed by atoms with Crippen LogP contribution in [0.5, 0.6) is 0 Å². The molecule has 6 rings (SSSR count). The summed E-state index contributed by atoms with van der Waals surface area (Å²) in [4.78, 5) is 3.03. The first kappa shape index (κ1) is 19.8. The topological polar surface area (TPSA) is 3.24 Å². The molecule has 6 aliphatic carbocycles. The van der Waals surface area contributed by atoms with Crippen LogP contribution >= 0.6 is 0 Å². The average Bonchev–Trinajstić information content (AvgIpc) is 3.74. The van der Waals surface area contributed by atoms with Gasteiger partial charge in [-0.2, -0.15) is 0 Å². The molecule has 164 valence electrons. The van der Waals surface area contributed by atoms with E-state index in [9.17, 15) is 0 Å². The zero-order valence-corrected chi connectivity index (χ0v) is 19.2. The first-order valence-electron chi connectivity index (χ1n) is 13.7. The Hall–Kier alpha value is -0.820. The molecule has 1 nitrogen and oxygen atoms in total. The summed E-state index contributed by atoms with van der Waals surface area (Å²) in [5, 5.41) is 0. The molecule has 0 unspecified atom stereocenters. The van der Waals surface area contributed by atoms with Crippen molar-refractivity contribution >= 4 is 0 Å². The summed E-state index contributed by atoms with van der Waals surface area (Å²) in [7, 11) is 0. The van der Waals surface area contributed by atoms with E-state index in [1.807, 2.05) is 11.1 Å². The summed E-state index contributed by atoms with van der Waals surface area (Å²) in [6, 6.07) is 1.74. The van der Waals surface area contributed by atoms with E-state index < -0.39 is 0 Å². The van der Waals surface area contributed by atoms with Gasteiger partial charge in [-0.3, -0.25) is 4.90 Å². The van der Waals surface area contributed by atoms with Crippen LogP contribution in [0.25, 0.3) is 0 Å². The molecule has 0 aliphatic heterocycles. The van der Waals surface area contributed by atoms with Crippen LogP contribution < -0.4 is 0 Å². The van der Waals surface area contributed by atoms with Gasteiger partial charge in [-0.05, 0) is 111 Å². The molecular weight excluding hydrogens is 362 g/mol. The van der Waals surface area contributed by atoms with Gasteiger partial charge in [-0.15, -0.1) is 0 Å². The van der Waals surface area contributed by atoms with Gasteiger partial charge >= 0.3 is 0 Å². The molecule has 0 aromatic heterocycles. The second-order valence-electron chi connectivity index (χ2n) is 11.7. The minimum atomic E-state index is 0.858. The molecule has 0 aromatic carbocycles. The van der Waals surface area contributed by atoms with E-state index >= 15 is 0 Å². The lowest BCUT2D eigenvalue weighted by molar-refractivity contribution is 0.0864. The van der Waals surface area contributed by atoms with Crippen molar-refractivity contribution in [1.29, 1.82) is 0 Å². The Bertz CT molecular complexity index is 693. The Balaban J connectivity index is 1.02. The lowest BCUT2D eigenvalue weighted by Gasteiger charge is -2.43. The minimum absolute atomic E-state index is 0.858. The van der Waals surface area contributed by atoms with Gasteiger partial charge in [0, 0.05) is 12.6 Å². The number of allylic oxidation sites excluding steroid dienone is 4. The van der Waals surface area contributed by atoms with Crippen LogP contribution in [0, 0.1) is 23.7 Å². The molecule has 0 N–H and O–H groups in total. The van der Waals surface area contributed by atoms with E-state index in [4.69, 9.17) is 0 Å². The predicted molar refractivity (Wildman–Crippen MR) is 126 cm³/mol. The highest BCUT2D eigenvalue weighted by Crippen LogP contribution is 2.59. The second kappa shape index (κ2) is 8.61. The van der Waals surface area contributed by atoms with Gasteiger partial charge in [0.2, 0.25) is 0 Å². The number of rotatable bonds is 6. The lowest BCUT2D eigenvalue weighted by atomic mass is 9.71. The summed E-state index contributed by atoms with van der Waals surface area (Å²) < 4.78 is 0. The third-order valence-electron chi connectivity index (χ3n) is 9.91. The number of hydrogen-bond acceptors (Lipinski definition) is 1. The second-order valence-corrected chi connectivity index (χ2v) is 11.7. The SMILES string of the molecule is C1=CC(C2CCC(N(CC3CCC(C4CCCCC4)CC3)C3C4=C3C4)CC2)=CCC1. The van der Waals surface area contributed by atoms with E-state index in [1.165, 1.54) is 83.6 Å². The maximum Gasteiger partial charge on any atom is 0.0536 e. The van der Waals surface area contributed by atoms with E-state index in [0.29, 0.717) is 0 Å². The lowest BCUT2D eigenvalue weighted by Crippen LogP contribution is -2.46. The maximum absolute atomic E-state index is 3.03. The van der Waals surface area contributed by atoms with Crippen molar-refractivity contribution in [2.45, 2.75) is 115 Å². The molecular formula is C29H43N. The molecule has 6 aliphatic rings. The summed E-state index contributed by atoms with van der Waals surface area (Å²) in [6.45, 7) is 1.42. The summed E-state index contributed by atoms with van der Waals surface area (Å²) in [5.74, 6) is 4.03. The van der Waals surface area contributed by atoms with E-state index in [2.05, 4.69) is 23.1 Å². The molecule has 0 amide bonds. The zero-order chi connectivity index (χ0) is 19.9. The number of hydrogen-bond donors (Lipinski definition) is 0. The fraction of sp³-hybridized carbons (Fsp3) is 0.793. The Kier molecular flexibility index (Phi) is 5.69. The van der Waals surface area contributed by atoms with Crippen LogP contribution in [-0.2, 0) is 0 Å². The fourth-order valence-corrected chi connectivity index (χ4v) is 7.81. The zero-order valence-electron chi connectivity index (χ0n) is 19.2. The van der Waals surface area contributed by atoms with Crippen molar-refractivity contribution in [2.24, 2.45) is 23.7 Å². The van der Waals surface area contributed by atoms with Gasteiger partial charge in [0.05, 0.1) is 6.04 Å². The predicted octanol–water partition coefficient (Wildman–Crippen LogP) is 7.59. The average molecular weight is 406 g/mol. The molecule has 0 heterocycles. The maximum atomic E-state index is 3.03. The Morgan fingerprint density at radius 1 is 0.733 bits per heavy atom. The van der Waals surface area contributed by atoms with Gasteiger partial charge < -0.3 is 0 Å². The van der Waals surface area contributed by atoms with Crippen LogP contribution in [0.1, 0.15) is 103 Å². The summed E-state index contributed by atoms with van der Waals surface area (Å²) in [5.41, 5.74) is 5.38. The summed E-state index contributed by atoms with van der Waals surface area (Å²) in [6.07, 6.45) is 30.9. The van der Waals surface area contributed by atoms with Gasteiger partial charge in [-0.25, -0.2) is 0 Å². The molecule has 0 spiro atoms. The third kappa shape index (κ3) is 4.13. The first-order chi connectivity index (χ1) is 14.9. The van der Waals surface area contributed by atoms with Crippen LogP contribution in [-0.4, -0.2) is 23.5 Å². The Morgan fingerprint density at radius 2 is 1.47 bits per heavy atom. The normalized spacial score (nSPS) is 37.3. The van der Waals surface area contributed by atoms with Crippen LogP contribution in [0.3, 0.4) is 0 Å². The van der Waals surface area contributed by atoms with E-state index in [-0.39, 0.29) is 0 Å². The van der Waals surface area contributed by atoms with E-state index in [1.54, 1.807) is 31.3 Å². The first-order valence-corrected chi connectivity index (χ1v) is 13.7. The molecule has 0 radical (unpaired) electrons. The van der Waals surface area contributed by atoms with E-state index in [0.717, 1.165) is 35.8 Å². The van der Waals surface area contributed by atoms with Gasteiger partial charge in [0.1, 0.15) is 0 Å². The number of nitrogens with zero attached hydrogens (tertiary/aromatic N) is 1. The van der Waals surface area contributed by atoms with Gasteiger partial charge in [-0.1, -0.05) is 50.3 Å². The van der Waals surface area contributed by atoms with Crippen LogP contribution in [0.15, 0.2) is 34.9 Å². The molecule has 30 heavy (non-hydrogen) atoms. The van der Waals surface area contributed by atoms with Crippen molar-refractivity contribution in [2.75, 3.05) is 6.54 Å². The largest absolute Gasteiger partial charge is 0.290 e. The third-order valence-corrected chi connectivity index (χ3v) is 9.91. The molecule has 3 saturated carbocycles. The Labute approximate surface area is 185 Å². The molecule has 3 fully saturated rings. The highest BCUT2D eigenvalue weighted by atomic mass is 15.2. The molecule has 0 atom stereocenters. The van der Waals surface area contributed by atoms with Gasteiger partial charge in [0.15, 0.2) is 0 Å². The van der Waals surface area contributed by atoms with Crippen molar-refractivity contribution in [3.63, 3.8) is 0 Å². The molecule has 1 heteroatoms. The smallest absolute Gasteiger partial charge is 0.0536 e. The Morgan fingerprint density at radius 3 is 2.10 bits per heavy atom. The van der Waals surface area contributed by atoms with Crippen LogP contribution in [0.2, 0.25) is 0 Å². The quantitative estimate of drug-likeness (QED) is 0.411.